The molecule has 1 unspecified atom stereocenters. The zero-order chi connectivity index (χ0) is 7.98. The van der Waals surface area contributed by atoms with Gasteiger partial charge in [-0.05, 0) is 0 Å². The van der Waals surface area contributed by atoms with Crippen LogP contribution in [-0.4, -0.2) is 18.4 Å². The van der Waals surface area contributed by atoms with E-state index >= 15 is 0 Å². The Kier molecular flexibility index (Phi) is 3.41. The summed E-state index contributed by atoms with van der Waals surface area (Å²) in [6.45, 7) is 0. The molecule has 0 aromatic carbocycles. The minimum Gasteiger partial charge on any atom is -0.425 e. The summed E-state index contributed by atoms with van der Waals surface area (Å²) in [7, 11) is 0. The highest BCUT2D eigenvalue weighted by Gasteiger charge is 2.05. The Morgan fingerprint density at radius 1 is 1.90 bits per heavy atom. The van der Waals surface area contributed by atoms with Crippen molar-refractivity contribution in [3.63, 3.8) is 0 Å². The number of hydrogen-bond donors (Lipinski definition) is 2. The number of nitrogens with zero attached hydrogens (tertiary/aromatic N) is 2. The van der Waals surface area contributed by atoms with E-state index in [0.717, 1.165) is 6.21 Å². The largest absolute Gasteiger partial charge is 0.425 e. The van der Waals surface area contributed by atoms with Crippen molar-refractivity contribution in [1.82, 2.24) is 0 Å². The van der Waals surface area contributed by atoms with Gasteiger partial charge in [0, 0.05) is 0 Å². The van der Waals surface area contributed by atoms with Gasteiger partial charge in [-0.25, -0.2) is 4.79 Å². The molecule has 4 N–H and O–H groups in total. The quantitative estimate of drug-likeness (QED) is 0.290. The summed E-state index contributed by atoms with van der Waals surface area (Å²) in [6, 6.07) is 1.58. The first kappa shape index (κ1) is 8.23. The third-order valence-corrected chi connectivity index (χ3v) is 0.592. The standard InChI is InChI=1S/C4H6N4O2/c5-1-3(2-8-7)10-4(6)9/h2-3H,7H2,(H2,6,9). The summed E-state index contributed by atoms with van der Waals surface area (Å²) >= 11 is 0. The summed E-state index contributed by atoms with van der Waals surface area (Å²) in [4.78, 5) is 9.99. The highest BCUT2D eigenvalue weighted by molar-refractivity contribution is 5.73. The van der Waals surface area contributed by atoms with Gasteiger partial charge in [-0.15, -0.1) is 0 Å². The average Bonchev–Trinajstić information content (AvgIpc) is 1.86. The fourth-order valence-corrected chi connectivity index (χ4v) is 0.293. The first-order valence-electron chi connectivity index (χ1n) is 2.29. The van der Waals surface area contributed by atoms with Gasteiger partial charge >= 0.3 is 6.09 Å². The third-order valence-electron chi connectivity index (χ3n) is 0.592. The van der Waals surface area contributed by atoms with Gasteiger partial charge in [-0.2, -0.15) is 10.4 Å². The number of nitrogens with two attached hydrogens (primary N) is 2. The van der Waals surface area contributed by atoms with Crippen LogP contribution in [0.4, 0.5) is 4.79 Å². The Labute approximate surface area is 57.0 Å². The van der Waals surface area contributed by atoms with E-state index < -0.39 is 12.2 Å². The molecule has 0 aromatic rings. The van der Waals surface area contributed by atoms with Gasteiger partial charge in [-0.1, -0.05) is 0 Å². The molecule has 6 nitrogen and oxygen atoms in total. The maximum absolute atomic E-state index is 9.99. The van der Waals surface area contributed by atoms with Crippen molar-refractivity contribution in [1.29, 1.82) is 5.26 Å². The van der Waals surface area contributed by atoms with Gasteiger partial charge in [0.15, 0.2) is 0 Å². The lowest BCUT2D eigenvalue weighted by Crippen LogP contribution is -2.22. The zero-order valence-electron chi connectivity index (χ0n) is 5.02. The molecular weight excluding hydrogens is 136 g/mol. The Morgan fingerprint density at radius 3 is 2.80 bits per heavy atom. The number of nitriles is 1. The molecule has 1 amide bonds. The number of ether oxygens (including phenoxy) is 1. The van der Waals surface area contributed by atoms with E-state index in [1.54, 1.807) is 6.07 Å². The molecule has 0 aliphatic rings. The van der Waals surface area contributed by atoms with Gasteiger partial charge in [0.2, 0.25) is 6.10 Å². The summed E-state index contributed by atoms with van der Waals surface area (Å²) in [5.41, 5.74) is 4.58. The minimum absolute atomic E-state index is 0.963. The smallest absolute Gasteiger partial charge is 0.406 e. The van der Waals surface area contributed by atoms with Crippen LogP contribution in [0, 0.1) is 11.3 Å². The van der Waals surface area contributed by atoms with Crippen LogP contribution in [0.5, 0.6) is 0 Å². The molecule has 0 aliphatic carbocycles. The van der Waals surface area contributed by atoms with Crippen LogP contribution in [0.2, 0.25) is 0 Å². The van der Waals surface area contributed by atoms with Crippen molar-refractivity contribution >= 4 is 12.3 Å². The first-order chi connectivity index (χ1) is 4.70. The molecule has 1 atom stereocenters. The number of carbonyl (C=O) groups is 1. The lowest BCUT2D eigenvalue weighted by Gasteiger charge is -1.99. The molecule has 0 fully saturated rings. The topological polar surface area (TPSA) is 114 Å². The van der Waals surface area contributed by atoms with Crippen molar-refractivity contribution in [3.05, 3.63) is 0 Å². The Morgan fingerprint density at radius 2 is 2.50 bits per heavy atom. The molecule has 54 valence electrons. The molecule has 0 radical (unpaired) electrons. The van der Waals surface area contributed by atoms with E-state index in [0.29, 0.717) is 0 Å². The number of rotatable bonds is 2. The molecule has 0 bridgehead atoms. The fraction of sp³-hybridized carbons (Fsp3) is 0.250. The van der Waals surface area contributed by atoms with Crippen molar-refractivity contribution in [3.8, 4) is 6.07 Å². The van der Waals surface area contributed by atoms with E-state index in [4.69, 9.17) is 5.26 Å². The van der Waals surface area contributed by atoms with E-state index in [1.165, 1.54) is 0 Å². The number of primary amides is 1. The molecule has 0 spiro atoms. The van der Waals surface area contributed by atoms with Crippen molar-refractivity contribution < 1.29 is 9.53 Å². The molecule has 0 aliphatic heterocycles. The summed E-state index contributed by atoms with van der Waals surface area (Å²) in [6.07, 6.45) is -1.17. The van der Waals surface area contributed by atoms with E-state index in [-0.39, 0.29) is 0 Å². The van der Waals surface area contributed by atoms with Crippen molar-refractivity contribution in [2.75, 3.05) is 0 Å². The SMILES string of the molecule is N#CC(C=NN)OC(N)=O. The molecule has 0 saturated heterocycles. The van der Waals surface area contributed by atoms with Crippen LogP contribution in [-0.2, 0) is 4.74 Å². The van der Waals surface area contributed by atoms with Crippen molar-refractivity contribution in [2.45, 2.75) is 6.10 Å². The Hall–Kier alpha value is -1.77. The molecular formula is C4H6N4O2. The summed E-state index contributed by atoms with van der Waals surface area (Å²) in [5.74, 6) is 4.67. The maximum atomic E-state index is 9.99. The fourth-order valence-electron chi connectivity index (χ4n) is 0.293. The lowest BCUT2D eigenvalue weighted by atomic mass is 10.4. The van der Waals surface area contributed by atoms with E-state index in [2.05, 4.69) is 21.4 Å². The molecule has 0 heterocycles. The molecule has 10 heavy (non-hydrogen) atoms. The van der Waals surface area contributed by atoms with Gasteiger partial charge in [0.25, 0.3) is 0 Å². The normalized spacial score (nSPS) is 12.3. The van der Waals surface area contributed by atoms with Crippen LogP contribution >= 0.6 is 0 Å². The lowest BCUT2D eigenvalue weighted by molar-refractivity contribution is 0.156. The van der Waals surface area contributed by atoms with Gasteiger partial charge in [0.05, 0.1) is 6.21 Å². The second kappa shape index (κ2) is 4.14. The molecule has 0 saturated carbocycles. The second-order valence-corrected chi connectivity index (χ2v) is 1.28. The average molecular weight is 142 g/mol. The molecule has 0 aromatic heterocycles. The minimum atomic E-state index is -1.09. The van der Waals surface area contributed by atoms with E-state index in [1.807, 2.05) is 0 Å². The predicted molar refractivity (Wildman–Crippen MR) is 32.7 cm³/mol. The summed E-state index contributed by atoms with van der Waals surface area (Å²) in [5, 5.41) is 11.2. The van der Waals surface area contributed by atoms with Crippen LogP contribution in [0.3, 0.4) is 0 Å². The highest BCUT2D eigenvalue weighted by Crippen LogP contribution is 1.84. The van der Waals surface area contributed by atoms with Gasteiger partial charge < -0.3 is 16.3 Å². The number of carbonyl (C=O) groups excluding carboxylic acids is 1. The van der Waals surface area contributed by atoms with Crippen LogP contribution < -0.4 is 11.6 Å². The monoisotopic (exact) mass is 142 g/mol. The maximum Gasteiger partial charge on any atom is 0.406 e. The predicted octanol–water partition coefficient (Wildman–Crippen LogP) is -1.08. The van der Waals surface area contributed by atoms with Gasteiger partial charge in [0.1, 0.15) is 6.07 Å². The van der Waals surface area contributed by atoms with Crippen molar-refractivity contribution in [2.24, 2.45) is 16.7 Å². The molecule has 0 rings (SSSR count). The zero-order valence-corrected chi connectivity index (χ0v) is 5.02. The Balaban J connectivity index is 3.87. The number of hydrogen-bond acceptors (Lipinski definition) is 5. The highest BCUT2D eigenvalue weighted by atomic mass is 16.6. The second-order valence-electron chi connectivity index (χ2n) is 1.28. The van der Waals surface area contributed by atoms with Crippen LogP contribution in [0.1, 0.15) is 0 Å². The first-order valence-corrected chi connectivity index (χ1v) is 2.29. The Bertz CT molecular complexity index is 182. The van der Waals surface area contributed by atoms with E-state index in [9.17, 15) is 4.79 Å². The number of amides is 1. The third kappa shape index (κ3) is 3.26. The summed E-state index contributed by atoms with van der Waals surface area (Å²) < 4.78 is 4.19. The van der Waals surface area contributed by atoms with Gasteiger partial charge in [-0.3, -0.25) is 0 Å². The number of hydrazone groups is 1. The molecule has 6 heteroatoms. The van der Waals surface area contributed by atoms with Crippen LogP contribution in [0.15, 0.2) is 5.10 Å². The van der Waals surface area contributed by atoms with Crippen LogP contribution in [0.25, 0.3) is 0 Å².